The van der Waals surface area contributed by atoms with Gasteiger partial charge in [0.15, 0.2) is 10.9 Å². The van der Waals surface area contributed by atoms with E-state index in [9.17, 15) is 14.9 Å². The molecule has 10 heteroatoms. The number of anilines is 1. The molecular weight excluding hydrogens is 384 g/mol. The van der Waals surface area contributed by atoms with Crippen molar-refractivity contribution in [3.05, 3.63) is 45.7 Å². The Kier molecular flexibility index (Phi) is 5.61. The van der Waals surface area contributed by atoms with E-state index in [1.807, 2.05) is 33.2 Å². The van der Waals surface area contributed by atoms with Crippen LogP contribution >= 0.6 is 11.3 Å². The number of nitrogens with one attached hydrogen (secondary N) is 1. The minimum Gasteiger partial charge on any atom is -0.494 e. The number of amides is 1. The van der Waals surface area contributed by atoms with Gasteiger partial charge in [0.2, 0.25) is 0 Å². The van der Waals surface area contributed by atoms with E-state index >= 15 is 0 Å². The number of benzene rings is 1. The van der Waals surface area contributed by atoms with E-state index < -0.39 is 16.7 Å². The molecule has 28 heavy (non-hydrogen) atoms. The summed E-state index contributed by atoms with van der Waals surface area (Å²) < 4.78 is 11.4. The quantitative estimate of drug-likeness (QED) is 0.476. The Bertz CT molecular complexity index is 1030. The van der Waals surface area contributed by atoms with E-state index in [1.54, 1.807) is 7.11 Å². The lowest BCUT2D eigenvalue weighted by Crippen LogP contribution is -3.06. The summed E-state index contributed by atoms with van der Waals surface area (Å²) in [4.78, 5) is 30.5. The highest BCUT2D eigenvalue weighted by Gasteiger charge is 2.27. The van der Waals surface area contributed by atoms with Gasteiger partial charge in [-0.25, -0.2) is 4.98 Å². The molecule has 0 fully saturated rings. The Morgan fingerprint density at radius 3 is 2.71 bits per heavy atom. The molecule has 1 aromatic carbocycles. The van der Waals surface area contributed by atoms with Crippen LogP contribution in [0.15, 0.2) is 28.7 Å². The van der Waals surface area contributed by atoms with Gasteiger partial charge in [0, 0.05) is 0 Å². The number of fused-ring (bicyclic) bond motifs is 1. The highest BCUT2D eigenvalue weighted by atomic mass is 32.1. The van der Waals surface area contributed by atoms with Gasteiger partial charge in [-0.3, -0.25) is 19.8 Å². The van der Waals surface area contributed by atoms with Gasteiger partial charge in [-0.1, -0.05) is 17.4 Å². The molecule has 1 N–H and O–H groups in total. The predicted molar refractivity (Wildman–Crippen MR) is 106 cm³/mol. The third-order valence-corrected chi connectivity index (χ3v) is 5.42. The van der Waals surface area contributed by atoms with E-state index in [4.69, 9.17) is 9.15 Å². The third-order valence-electron chi connectivity index (χ3n) is 4.21. The number of hydrogen-bond donors (Lipinski definition) is 1. The number of likely N-dealkylation sites (N-methyl/N-ethyl adjacent to an activating group) is 1. The van der Waals surface area contributed by atoms with Crippen LogP contribution in [0.1, 0.15) is 16.1 Å². The predicted octanol–water partition coefficient (Wildman–Crippen LogP) is 1.91. The Morgan fingerprint density at radius 1 is 1.36 bits per heavy atom. The van der Waals surface area contributed by atoms with Crippen LogP contribution in [0.2, 0.25) is 0 Å². The van der Waals surface area contributed by atoms with Crippen LogP contribution in [0, 0.1) is 17.0 Å². The topological polar surface area (TPSA) is 103 Å². The van der Waals surface area contributed by atoms with Crippen LogP contribution in [0.4, 0.5) is 11.0 Å². The Balaban J connectivity index is 2.04. The van der Waals surface area contributed by atoms with Crippen molar-refractivity contribution >= 4 is 38.5 Å². The number of quaternary nitrogens is 1. The molecular formula is C18H21N4O5S+. The van der Waals surface area contributed by atoms with E-state index in [0.29, 0.717) is 29.5 Å². The highest BCUT2D eigenvalue weighted by Crippen LogP contribution is 2.36. The molecule has 0 saturated heterocycles. The van der Waals surface area contributed by atoms with E-state index in [0.717, 1.165) is 15.2 Å². The zero-order valence-corrected chi connectivity index (χ0v) is 16.8. The average molecular weight is 405 g/mol. The van der Waals surface area contributed by atoms with Crippen LogP contribution in [-0.2, 0) is 0 Å². The van der Waals surface area contributed by atoms with Gasteiger partial charge in [-0.05, 0) is 24.6 Å². The number of hydrogen-bond acceptors (Lipinski definition) is 7. The molecule has 0 atom stereocenters. The fourth-order valence-electron chi connectivity index (χ4n) is 2.67. The largest absolute Gasteiger partial charge is 0.494 e. The summed E-state index contributed by atoms with van der Waals surface area (Å²) in [5, 5.41) is 11.4. The van der Waals surface area contributed by atoms with Crippen LogP contribution in [0.3, 0.4) is 0 Å². The SMILES string of the molecule is COc1ccc(C)c2sc(N(CC[NH+](C)C)C(=O)c3ccc([N+](=O)[O-])o3)nc12. The number of thiazole rings is 1. The molecule has 0 unspecified atom stereocenters. The summed E-state index contributed by atoms with van der Waals surface area (Å²) in [5.74, 6) is -0.404. The molecule has 0 bridgehead atoms. The molecule has 0 saturated carbocycles. The fraction of sp³-hybridized carbons (Fsp3) is 0.333. The first-order valence-electron chi connectivity index (χ1n) is 8.61. The van der Waals surface area contributed by atoms with Crippen molar-refractivity contribution in [3.8, 4) is 5.75 Å². The van der Waals surface area contributed by atoms with E-state index in [1.165, 1.54) is 28.4 Å². The molecule has 0 aliphatic carbocycles. The molecule has 0 aliphatic rings. The van der Waals surface area contributed by atoms with Crippen molar-refractivity contribution in [1.29, 1.82) is 0 Å². The maximum absolute atomic E-state index is 13.0. The number of ether oxygens (including phenoxy) is 1. The number of carbonyl (C=O) groups is 1. The van der Waals surface area contributed by atoms with Gasteiger partial charge < -0.3 is 14.1 Å². The number of nitrogens with zero attached hydrogens (tertiary/aromatic N) is 3. The van der Waals surface area contributed by atoms with Gasteiger partial charge in [0.25, 0.3) is 5.91 Å². The lowest BCUT2D eigenvalue weighted by Gasteiger charge is -2.19. The number of furan rings is 1. The van der Waals surface area contributed by atoms with Crippen LogP contribution in [0.5, 0.6) is 5.75 Å². The van der Waals surface area contributed by atoms with Crippen molar-refractivity contribution in [1.82, 2.24) is 4.98 Å². The number of aryl methyl sites for hydroxylation is 1. The summed E-state index contributed by atoms with van der Waals surface area (Å²) in [6, 6.07) is 6.27. The highest BCUT2D eigenvalue weighted by molar-refractivity contribution is 7.22. The first-order valence-corrected chi connectivity index (χ1v) is 9.42. The molecule has 0 spiro atoms. The summed E-state index contributed by atoms with van der Waals surface area (Å²) in [6.07, 6.45) is 0. The maximum Gasteiger partial charge on any atom is 0.433 e. The summed E-state index contributed by atoms with van der Waals surface area (Å²) in [5.41, 5.74) is 1.71. The zero-order chi connectivity index (χ0) is 20.4. The van der Waals surface area contributed by atoms with Gasteiger partial charge >= 0.3 is 5.88 Å². The van der Waals surface area contributed by atoms with Crippen molar-refractivity contribution in [2.75, 3.05) is 39.2 Å². The number of rotatable bonds is 7. The van der Waals surface area contributed by atoms with Gasteiger partial charge in [0.1, 0.15) is 16.2 Å². The minimum atomic E-state index is -0.670. The smallest absolute Gasteiger partial charge is 0.433 e. The van der Waals surface area contributed by atoms with Crippen molar-refractivity contribution < 1.29 is 23.8 Å². The monoisotopic (exact) mass is 405 g/mol. The second kappa shape index (κ2) is 7.95. The summed E-state index contributed by atoms with van der Waals surface area (Å²) in [6.45, 7) is 3.02. The standard InChI is InChI=1S/C18H20N4O5S/c1-11-5-6-12(26-4)15-16(11)28-18(19-15)21(10-9-20(2)3)17(23)13-7-8-14(27-13)22(24)25/h5-8H,9-10H2,1-4H3/p+1. The Hall–Kier alpha value is -2.98. The second-order valence-electron chi connectivity index (χ2n) is 6.57. The summed E-state index contributed by atoms with van der Waals surface area (Å²) >= 11 is 1.38. The van der Waals surface area contributed by atoms with Crippen molar-refractivity contribution in [3.63, 3.8) is 0 Å². The molecule has 2 aromatic heterocycles. The molecule has 9 nitrogen and oxygen atoms in total. The molecule has 2 heterocycles. The molecule has 148 valence electrons. The lowest BCUT2D eigenvalue weighted by atomic mass is 10.2. The number of nitro groups is 1. The zero-order valence-electron chi connectivity index (χ0n) is 16.0. The molecule has 3 aromatic rings. The fourth-order valence-corrected chi connectivity index (χ4v) is 3.75. The van der Waals surface area contributed by atoms with Gasteiger partial charge in [-0.2, -0.15) is 0 Å². The molecule has 0 aliphatic heterocycles. The average Bonchev–Trinajstić information content (AvgIpc) is 3.30. The van der Waals surface area contributed by atoms with Crippen LogP contribution in [0.25, 0.3) is 10.2 Å². The van der Waals surface area contributed by atoms with Crippen LogP contribution in [-0.4, -0.2) is 50.1 Å². The van der Waals surface area contributed by atoms with E-state index in [2.05, 4.69) is 4.98 Å². The number of methoxy groups -OCH3 is 1. The third kappa shape index (κ3) is 3.82. The first-order chi connectivity index (χ1) is 13.3. The van der Waals surface area contributed by atoms with Crippen molar-refractivity contribution in [2.24, 2.45) is 0 Å². The summed E-state index contributed by atoms with van der Waals surface area (Å²) in [7, 11) is 5.53. The number of carbonyl (C=O) groups excluding carboxylic acids is 1. The number of aromatic nitrogens is 1. The lowest BCUT2D eigenvalue weighted by molar-refractivity contribution is -0.856. The van der Waals surface area contributed by atoms with E-state index in [-0.39, 0.29) is 5.76 Å². The van der Waals surface area contributed by atoms with Gasteiger partial charge in [-0.15, -0.1) is 0 Å². The van der Waals surface area contributed by atoms with Crippen LogP contribution < -0.4 is 14.5 Å². The molecule has 0 radical (unpaired) electrons. The van der Waals surface area contributed by atoms with Gasteiger partial charge in [0.05, 0.1) is 45.1 Å². The first kappa shape index (κ1) is 19.8. The molecule has 3 rings (SSSR count). The maximum atomic E-state index is 13.0. The van der Waals surface area contributed by atoms with Crippen molar-refractivity contribution in [2.45, 2.75) is 6.92 Å². The minimum absolute atomic E-state index is 0.0941. The Morgan fingerprint density at radius 2 is 2.11 bits per heavy atom. The normalized spacial score (nSPS) is 11.2. The molecule has 1 amide bonds. The Labute approximate surface area is 165 Å². The second-order valence-corrected chi connectivity index (χ2v) is 7.55.